The molecule has 2 heterocycles. The highest BCUT2D eigenvalue weighted by atomic mass is 32.1. The fourth-order valence-corrected chi connectivity index (χ4v) is 2.71. The van der Waals surface area contributed by atoms with Gasteiger partial charge in [0.25, 0.3) is 0 Å². The Balaban J connectivity index is 2.02. The quantitative estimate of drug-likeness (QED) is 0.857. The molecule has 5 nitrogen and oxygen atoms in total. The minimum Gasteiger partial charge on any atom is -0.480 e. The van der Waals surface area contributed by atoms with Gasteiger partial charge in [-0.25, -0.2) is 9.59 Å². The average Bonchev–Trinajstić information content (AvgIpc) is 2.74. The van der Waals surface area contributed by atoms with E-state index in [0.29, 0.717) is 13.1 Å². The monoisotopic (exact) mass is 268 g/mol. The van der Waals surface area contributed by atoms with E-state index in [0.717, 1.165) is 12.0 Å². The van der Waals surface area contributed by atoms with E-state index in [1.165, 1.54) is 18.7 Å². The number of fused-ring (bicyclic) bond motifs is 1. The zero-order chi connectivity index (χ0) is 13.3. The first kappa shape index (κ1) is 12.9. The lowest BCUT2D eigenvalue weighted by Gasteiger charge is -2.30. The summed E-state index contributed by atoms with van der Waals surface area (Å²) in [6, 6.07) is 1.70. The van der Waals surface area contributed by atoms with Crippen molar-refractivity contribution in [2.75, 3.05) is 6.54 Å². The number of carboxylic acid groups (broad SMARTS) is 1. The van der Waals surface area contributed by atoms with Gasteiger partial charge < -0.3 is 15.3 Å². The number of hydrogen-bond donors (Lipinski definition) is 2. The molecule has 2 N–H and O–H groups in total. The Hall–Kier alpha value is -1.56. The van der Waals surface area contributed by atoms with E-state index in [4.69, 9.17) is 5.11 Å². The molecule has 0 saturated heterocycles. The van der Waals surface area contributed by atoms with Gasteiger partial charge in [-0.3, -0.25) is 0 Å². The van der Waals surface area contributed by atoms with Crippen LogP contribution in [0.25, 0.3) is 0 Å². The molecule has 0 unspecified atom stereocenters. The summed E-state index contributed by atoms with van der Waals surface area (Å²) in [4.78, 5) is 25.9. The molecule has 0 aromatic carbocycles. The molecule has 0 bridgehead atoms. The standard InChI is InChI=1S/C12H16N2O3S/c1-12(2,10(15)16)13-11(17)14-5-3-9-8(7-14)4-6-18-9/h4,6H,3,5,7H2,1-2H3,(H,13,17)(H,15,16). The van der Waals surface area contributed by atoms with E-state index < -0.39 is 11.5 Å². The number of hydrogen-bond acceptors (Lipinski definition) is 3. The highest BCUT2D eigenvalue weighted by molar-refractivity contribution is 7.10. The minimum atomic E-state index is -1.24. The summed E-state index contributed by atoms with van der Waals surface area (Å²) in [5.74, 6) is -1.04. The maximum absolute atomic E-state index is 12.0. The Labute approximate surface area is 109 Å². The molecule has 2 amide bonds. The zero-order valence-corrected chi connectivity index (χ0v) is 11.2. The molecule has 2 rings (SSSR count). The normalized spacial score (nSPS) is 15.1. The summed E-state index contributed by atoms with van der Waals surface area (Å²) >= 11 is 1.70. The molecular formula is C12H16N2O3S. The van der Waals surface area contributed by atoms with Gasteiger partial charge in [-0.2, -0.15) is 0 Å². The van der Waals surface area contributed by atoms with Gasteiger partial charge >= 0.3 is 12.0 Å². The molecule has 1 aliphatic heterocycles. The molecule has 0 fully saturated rings. The number of urea groups is 1. The summed E-state index contributed by atoms with van der Waals surface area (Å²) in [5, 5.41) is 13.5. The van der Waals surface area contributed by atoms with Gasteiger partial charge in [-0.15, -0.1) is 11.3 Å². The molecule has 1 aromatic heterocycles. The topological polar surface area (TPSA) is 69.6 Å². The van der Waals surface area contributed by atoms with E-state index >= 15 is 0 Å². The maximum atomic E-state index is 12.0. The highest BCUT2D eigenvalue weighted by Crippen LogP contribution is 2.24. The average molecular weight is 268 g/mol. The van der Waals surface area contributed by atoms with Crippen LogP contribution in [-0.4, -0.2) is 34.1 Å². The van der Waals surface area contributed by atoms with Crippen LogP contribution >= 0.6 is 11.3 Å². The van der Waals surface area contributed by atoms with Crippen molar-refractivity contribution in [3.8, 4) is 0 Å². The van der Waals surface area contributed by atoms with E-state index in [1.807, 2.05) is 11.4 Å². The first-order valence-electron chi connectivity index (χ1n) is 5.76. The summed E-state index contributed by atoms with van der Waals surface area (Å²) in [6.07, 6.45) is 0.841. The van der Waals surface area contributed by atoms with Crippen molar-refractivity contribution >= 4 is 23.3 Å². The van der Waals surface area contributed by atoms with Gasteiger partial charge in [0.05, 0.1) is 0 Å². The number of rotatable bonds is 2. The lowest BCUT2D eigenvalue weighted by Crippen LogP contribution is -2.54. The van der Waals surface area contributed by atoms with Crippen molar-refractivity contribution in [3.05, 3.63) is 21.9 Å². The second-order valence-corrected chi connectivity index (χ2v) is 5.90. The molecule has 0 atom stereocenters. The van der Waals surface area contributed by atoms with E-state index in [9.17, 15) is 9.59 Å². The maximum Gasteiger partial charge on any atom is 0.328 e. The predicted molar refractivity (Wildman–Crippen MR) is 68.7 cm³/mol. The number of carboxylic acids is 1. The van der Waals surface area contributed by atoms with E-state index in [-0.39, 0.29) is 6.03 Å². The predicted octanol–water partition coefficient (Wildman–Crippen LogP) is 1.68. The summed E-state index contributed by atoms with van der Waals surface area (Å²) in [5.41, 5.74) is -0.0824. The number of thiophene rings is 1. The van der Waals surface area contributed by atoms with Gasteiger partial charge in [-0.05, 0) is 37.3 Å². The van der Waals surface area contributed by atoms with Crippen LogP contribution in [0.15, 0.2) is 11.4 Å². The molecule has 0 spiro atoms. The van der Waals surface area contributed by atoms with Gasteiger partial charge in [0.2, 0.25) is 0 Å². The molecule has 98 valence electrons. The molecule has 1 aliphatic rings. The van der Waals surface area contributed by atoms with Crippen molar-refractivity contribution in [3.63, 3.8) is 0 Å². The first-order valence-corrected chi connectivity index (χ1v) is 6.64. The van der Waals surface area contributed by atoms with Crippen LogP contribution in [0.5, 0.6) is 0 Å². The number of carbonyl (C=O) groups excluding carboxylic acids is 1. The number of aliphatic carboxylic acids is 1. The van der Waals surface area contributed by atoms with E-state index in [1.54, 1.807) is 16.2 Å². The third-order valence-electron chi connectivity index (χ3n) is 3.05. The smallest absolute Gasteiger partial charge is 0.328 e. The summed E-state index contributed by atoms with van der Waals surface area (Å²) in [7, 11) is 0. The van der Waals surface area contributed by atoms with Crippen LogP contribution in [0.1, 0.15) is 24.3 Å². The second kappa shape index (κ2) is 4.61. The van der Waals surface area contributed by atoms with Crippen molar-refractivity contribution in [1.82, 2.24) is 10.2 Å². The number of amides is 2. The fraction of sp³-hybridized carbons (Fsp3) is 0.500. The van der Waals surface area contributed by atoms with Crippen molar-refractivity contribution in [2.45, 2.75) is 32.4 Å². The Morgan fingerprint density at radius 2 is 2.22 bits per heavy atom. The molecular weight excluding hydrogens is 252 g/mol. The van der Waals surface area contributed by atoms with Crippen LogP contribution < -0.4 is 5.32 Å². The zero-order valence-electron chi connectivity index (χ0n) is 10.4. The van der Waals surface area contributed by atoms with Gasteiger partial charge in [0, 0.05) is 18.0 Å². The Morgan fingerprint density at radius 3 is 2.89 bits per heavy atom. The Bertz CT molecular complexity index is 481. The molecule has 0 aliphatic carbocycles. The largest absolute Gasteiger partial charge is 0.480 e. The third-order valence-corrected chi connectivity index (χ3v) is 4.07. The first-order chi connectivity index (χ1) is 8.40. The Kier molecular flexibility index (Phi) is 3.30. The highest BCUT2D eigenvalue weighted by Gasteiger charge is 2.31. The lowest BCUT2D eigenvalue weighted by atomic mass is 10.1. The van der Waals surface area contributed by atoms with Gasteiger partial charge in [-0.1, -0.05) is 0 Å². The van der Waals surface area contributed by atoms with Crippen molar-refractivity contribution in [1.29, 1.82) is 0 Å². The number of carbonyl (C=O) groups is 2. The fourth-order valence-electron chi connectivity index (χ4n) is 1.82. The second-order valence-electron chi connectivity index (χ2n) is 4.90. The van der Waals surface area contributed by atoms with Crippen LogP contribution in [0, 0.1) is 0 Å². The van der Waals surface area contributed by atoms with Crippen LogP contribution in [0.3, 0.4) is 0 Å². The summed E-state index contributed by atoms with van der Waals surface area (Å²) < 4.78 is 0. The SMILES string of the molecule is CC(C)(NC(=O)N1CCc2sccc2C1)C(=O)O. The van der Waals surface area contributed by atoms with Crippen molar-refractivity contribution in [2.24, 2.45) is 0 Å². The molecule has 6 heteroatoms. The molecule has 0 radical (unpaired) electrons. The van der Waals surface area contributed by atoms with Crippen LogP contribution in [0.2, 0.25) is 0 Å². The molecule has 0 saturated carbocycles. The molecule has 18 heavy (non-hydrogen) atoms. The van der Waals surface area contributed by atoms with E-state index in [2.05, 4.69) is 5.32 Å². The minimum absolute atomic E-state index is 0.320. The van der Waals surface area contributed by atoms with Crippen molar-refractivity contribution < 1.29 is 14.7 Å². The Morgan fingerprint density at radius 1 is 1.50 bits per heavy atom. The van der Waals surface area contributed by atoms with Crippen LogP contribution in [0.4, 0.5) is 4.79 Å². The lowest BCUT2D eigenvalue weighted by molar-refractivity contribution is -0.143. The number of nitrogens with one attached hydrogen (secondary N) is 1. The third kappa shape index (κ3) is 2.48. The summed E-state index contributed by atoms with van der Waals surface area (Å²) in [6.45, 7) is 4.15. The van der Waals surface area contributed by atoms with Gasteiger partial charge in [0.1, 0.15) is 5.54 Å². The van der Waals surface area contributed by atoms with Crippen LogP contribution in [-0.2, 0) is 17.8 Å². The van der Waals surface area contributed by atoms with Gasteiger partial charge in [0.15, 0.2) is 0 Å². The number of nitrogens with zero attached hydrogens (tertiary/aromatic N) is 1. The molecule has 1 aromatic rings.